The van der Waals surface area contributed by atoms with Gasteiger partial charge >= 0.3 is 0 Å². The number of rotatable bonds is 5. The monoisotopic (exact) mass is 332 g/mol. The number of aryl methyl sites for hydroxylation is 2. The lowest BCUT2D eigenvalue weighted by Crippen LogP contribution is -2.36. The average molecular weight is 332 g/mol. The molecule has 0 spiro atoms. The van der Waals surface area contributed by atoms with Crippen LogP contribution in [0.4, 0.5) is 0 Å². The molecule has 2 aliphatic rings. The summed E-state index contributed by atoms with van der Waals surface area (Å²) in [5, 5.41) is 4.48. The summed E-state index contributed by atoms with van der Waals surface area (Å²) in [6, 6.07) is 1.13. The normalized spacial score (nSPS) is 29.2. The van der Waals surface area contributed by atoms with E-state index in [1.165, 1.54) is 25.7 Å². The van der Waals surface area contributed by atoms with E-state index in [0.717, 1.165) is 42.1 Å². The first-order valence-electron chi connectivity index (χ1n) is 9.38. The average Bonchev–Trinajstić information content (AvgIpc) is 3.18. The number of hydrogen-bond donors (Lipinski definition) is 0. The Morgan fingerprint density at radius 2 is 1.75 bits per heavy atom. The first-order chi connectivity index (χ1) is 11.4. The van der Waals surface area contributed by atoms with Crippen molar-refractivity contribution < 1.29 is 4.79 Å². The van der Waals surface area contributed by atoms with Crippen LogP contribution in [0, 0.1) is 18.8 Å². The molecule has 134 valence electrons. The molecule has 5 heteroatoms. The molecule has 0 radical (unpaired) electrons. The molecule has 2 aliphatic carbocycles. The van der Waals surface area contributed by atoms with Crippen LogP contribution in [0.1, 0.15) is 55.1 Å². The number of aromatic nitrogens is 2. The van der Waals surface area contributed by atoms with Crippen molar-refractivity contribution in [2.24, 2.45) is 11.8 Å². The van der Waals surface area contributed by atoms with Gasteiger partial charge in [0.25, 0.3) is 5.91 Å². The van der Waals surface area contributed by atoms with Crippen molar-refractivity contribution in [1.29, 1.82) is 0 Å². The molecule has 2 saturated carbocycles. The molecule has 24 heavy (non-hydrogen) atoms. The summed E-state index contributed by atoms with van der Waals surface area (Å²) in [5.74, 6) is 1.73. The van der Waals surface area contributed by atoms with Crippen LogP contribution in [0.2, 0.25) is 0 Å². The van der Waals surface area contributed by atoms with Crippen LogP contribution in [0.15, 0.2) is 6.20 Å². The molecule has 4 atom stereocenters. The summed E-state index contributed by atoms with van der Waals surface area (Å²) >= 11 is 0. The molecule has 5 nitrogen and oxygen atoms in total. The lowest BCUT2D eigenvalue weighted by molar-refractivity contribution is 0.0725. The number of nitrogens with zero attached hydrogens (tertiary/aromatic N) is 4. The zero-order chi connectivity index (χ0) is 17.4. The van der Waals surface area contributed by atoms with Crippen LogP contribution in [-0.2, 0) is 6.54 Å². The maximum atomic E-state index is 12.9. The third kappa shape index (κ3) is 3.23. The lowest BCUT2D eigenvalue weighted by Gasteiger charge is -2.27. The van der Waals surface area contributed by atoms with E-state index in [0.29, 0.717) is 6.04 Å². The van der Waals surface area contributed by atoms with E-state index in [1.54, 1.807) is 0 Å². The molecule has 1 aromatic heterocycles. The Kier molecular flexibility index (Phi) is 5.00. The Morgan fingerprint density at radius 1 is 1.17 bits per heavy atom. The Balaban J connectivity index is 1.64. The molecule has 0 aromatic carbocycles. The molecule has 1 amide bonds. The highest BCUT2D eigenvalue weighted by molar-refractivity contribution is 5.95. The van der Waals surface area contributed by atoms with E-state index in [1.807, 2.05) is 29.7 Å². The van der Waals surface area contributed by atoms with Gasteiger partial charge in [-0.15, -0.1) is 0 Å². The van der Waals surface area contributed by atoms with E-state index in [-0.39, 0.29) is 5.91 Å². The van der Waals surface area contributed by atoms with Gasteiger partial charge < -0.3 is 9.80 Å². The number of amides is 1. The summed E-state index contributed by atoms with van der Waals surface area (Å²) in [4.78, 5) is 17.3. The summed E-state index contributed by atoms with van der Waals surface area (Å²) in [6.07, 6.45) is 7.88. The summed E-state index contributed by atoms with van der Waals surface area (Å²) < 4.78 is 1.90. The van der Waals surface area contributed by atoms with Crippen molar-refractivity contribution >= 4 is 5.91 Å². The van der Waals surface area contributed by atoms with Crippen molar-refractivity contribution in [2.75, 3.05) is 21.1 Å². The van der Waals surface area contributed by atoms with Crippen LogP contribution in [0.25, 0.3) is 0 Å². The molecular formula is C19H32N4O. The smallest absolute Gasteiger partial charge is 0.257 e. The third-order valence-corrected chi connectivity index (χ3v) is 6.19. The van der Waals surface area contributed by atoms with Gasteiger partial charge in [0.2, 0.25) is 0 Å². The quantitative estimate of drug-likeness (QED) is 0.832. The SMILES string of the molecule is CCCn1cc(C(=O)N(C)C2C[C@H]3CC(N(C)C)C[C@H]3C2)c(C)n1. The van der Waals surface area contributed by atoms with Crippen LogP contribution in [-0.4, -0.2) is 58.7 Å². The van der Waals surface area contributed by atoms with Gasteiger partial charge in [-0.2, -0.15) is 5.10 Å². The molecule has 3 rings (SSSR count). The predicted octanol–water partition coefficient (Wildman–Crippen LogP) is 2.79. The second-order valence-electron chi connectivity index (χ2n) is 8.04. The highest BCUT2D eigenvalue weighted by Gasteiger charge is 2.44. The fraction of sp³-hybridized carbons (Fsp3) is 0.789. The Morgan fingerprint density at radius 3 is 2.29 bits per heavy atom. The van der Waals surface area contributed by atoms with Gasteiger partial charge in [0.05, 0.1) is 11.3 Å². The molecule has 1 aromatic rings. The second kappa shape index (κ2) is 6.87. The van der Waals surface area contributed by atoms with E-state index in [4.69, 9.17) is 0 Å². The highest BCUT2D eigenvalue weighted by atomic mass is 16.2. The molecule has 0 saturated heterocycles. The van der Waals surface area contributed by atoms with Gasteiger partial charge in [-0.1, -0.05) is 6.92 Å². The van der Waals surface area contributed by atoms with Crippen molar-refractivity contribution in [3.63, 3.8) is 0 Å². The van der Waals surface area contributed by atoms with Gasteiger partial charge in [0, 0.05) is 31.9 Å². The summed E-state index contributed by atoms with van der Waals surface area (Å²) in [6.45, 7) is 4.94. The molecule has 0 N–H and O–H groups in total. The number of fused-ring (bicyclic) bond motifs is 1. The largest absolute Gasteiger partial charge is 0.339 e. The molecule has 2 unspecified atom stereocenters. The van der Waals surface area contributed by atoms with Gasteiger partial charge in [-0.25, -0.2) is 0 Å². The molecule has 1 heterocycles. The number of carbonyl (C=O) groups is 1. The van der Waals surface area contributed by atoms with Crippen LogP contribution < -0.4 is 0 Å². The zero-order valence-corrected chi connectivity index (χ0v) is 15.8. The van der Waals surface area contributed by atoms with Crippen LogP contribution in [0.5, 0.6) is 0 Å². The van der Waals surface area contributed by atoms with Crippen LogP contribution in [0.3, 0.4) is 0 Å². The first-order valence-corrected chi connectivity index (χ1v) is 9.38. The van der Waals surface area contributed by atoms with Crippen LogP contribution >= 0.6 is 0 Å². The minimum absolute atomic E-state index is 0.143. The predicted molar refractivity (Wildman–Crippen MR) is 96.1 cm³/mol. The Hall–Kier alpha value is -1.36. The second-order valence-corrected chi connectivity index (χ2v) is 8.04. The minimum atomic E-state index is 0.143. The maximum absolute atomic E-state index is 12.9. The lowest BCUT2D eigenvalue weighted by atomic mass is 10.0. The van der Waals surface area contributed by atoms with Gasteiger partial charge in [0.15, 0.2) is 0 Å². The number of carbonyl (C=O) groups excluding carboxylic acids is 1. The number of hydrogen-bond acceptors (Lipinski definition) is 3. The Labute approximate surface area is 146 Å². The Bertz CT molecular complexity index is 580. The highest BCUT2D eigenvalue weighted by Crippen LogP contribution is 2.46. The molecule has 2 fully saturated rings. The third-order valence-electron chi connectivity index (χ3n) is 6.19. The summed E-state index contributed by atoms with van der Waals surface area (Å²) in [7, 11) is 6.36. The van der Waals surface area contributed by atoms with E-state index < -0.39 is 0 Å². The first kappa shape index (κ1) is 17.5. The van der Waals surface area contributed by atoms with Crippen molar-refractivity contribution in [3.05, 3.63) is 17.5 Å². The van der Waals surface area contributed by atoms with Gasteiger partial charge in [-0.3, -0.25) is 9.48 Å². The molecule has 0 bridgehead atoms. The fourth-order valence-corrected chi connectivity index (χ4v) is 4.72. The van der Waals surface area contributed by atoms with Gasteiger partial charge in [-0.05, 0) is 65.0 Å². The van der Waals surface area contributed by atoms with Crippen molar-refractivity contribution in [2.45, 2.75) is 64.6 Å². The van der Waals surface area contributed by atoms with Crippen molar-refractivity contribution in [1.82, 2.24) is 19.6 Å². The van der Waals surface area contributed by atoms with E-state index in [2.05, 4.69) is 31.0 Å². The van der Waals surface area contributed by atoms with Gasteiger partial charge in [0.1, 0.15) is 0 Å². The van der Waals surface area contributed by atoms with E-state index in [9.17, 15) is 4.79 Å². The maximum Gasteiger partial charge on any atom is 0.257 e. The molecular weight excluding hydrogens is 300 g/mol. The van der Waals surface area contributed by atoms with Crippen molar-refractivity contribution in [3.8, 4) is 0 Å². The standard InChI is InChI=1S/C19H32N4O/c1-6-7-23-12-18(13(2)20-23)19(24)22(5)17-10-14-8-16(21(3)4)9-15(14)11-17/h12,14-17H,6-11H2,1-5H3/t14-,15+,16?,17?. The fourth-order valence-electron chi connectivity index (χ4n) is 4.72. The zero-order valence-electron chi connectivity index (χ0n) is 15.8. The van der Waals surface area contributed by atoms with E-state index >= 15 is 0 Å². The topological polar surface area (TPSA) is 41.4 Å². The summed E-state index contributed by atoms with van der Waals surface area (Å²) in [5.41, 5.74) is 1.63. The molecule has 0 aliphatic heterocycles. The minimum Gasteiger partial charge on any atom is -0.339 e.